The van der Waals surface area contributed by atoms with Crippen LogP contribution in [0.5, 0.6) is 0 Å². The summed E-state index contributed by atoms with van der Waals surface area (Å²) in [7, 11) is 0. The van der Waals surface area contributed by atoms with Crippen LogP contribution in [0.2, 0.25) is 0 Å². The van der Waals surface area contributed by atoms with Crippen LogP contribution >= 0.6 is 0 Å². The molecule has 108 valence electrons. The molecule has 0 saturated carbocycles. The highest BCUT2D eigenvalue weighted by Crippen LogP contribution is 2.24. The summed E-state index contributed by atoms with van der Waals surface area (Å²) in [5, 5.41) is 2.25. The summed E-state index contributed by atoms with van der Waals surface area (Å²) >= 11 is 0. The first kappa shape index (κ1) is 13.6. The standard InChI is InChI=1S/C17H16O4/c1-11(20-17(19)15-8-9-16(18)21-15)13-7-6-12-4-2-3-5-14(12)10-13/h2-7,10-11,15H,8-9H2,1H3. The highest BCUT2D eigenvalue weighted by Gasteiger charge is 2.32. The first-order chi connectivity index (χ1) is 10.1. The van der Waals surface area contributed by atoms with Crippen molar-refractivity contribution in [2.45, 2.75) is 32.0 Å². The Labute approximate surface area is 122 Å². The van der Waals surface area contributed by atoms with Gasteiger partial charge in [0, 0.05) is 12.8 Å². The Bertz CT molecular complexity index is 692. The molecule has 0 bridgehead atoms. The third-order valence-corrected chi connectivity index (χ3v) is 3.68. The molecule has 1 aliphatic heterocycles. The molecule has 0 radical (unpaired) electrons. The Morgan fingerprint density at radius 2 is 2.00 bits per heavy atom. The fourth-order valence-electron chi connectivity index (χ4n) is 2.47. The van der Waals surface area contributed by atoms with Gasteiger partial charge in [0.15, 0.2) is 6.10 Å². The molecule has 1 heterocycles. The largest absolute Gasteiger partial charge is 0.455 e. The van der Waals surface area contributed by atoms with Crippen molar-refractivity contribution in [3.63, 3.8) is 0 Å². The second kappa shape index (κ2) is 5.56. The minimum absolute atomic E-state index is 0.282. The molecule has 2 unspecified atom stereocenters. The van der Waals surface area contributed by atoms with E-state index in [-0.39, 0.29) is 18.5 Å². The Balaban J connectivity index is 1.72. The number of cyclic esters (lactones) is 1. The molecule has 0 aromatic heterocycles. The molecule has 4 heteroatoms. The molecule has 0 aliphatic carbocycles. The summed E-state index contributed by atoms with van der Waals surface area (Å²) in [5.41, 5.74) is 0.923. The molecule has 0 amide bonds. The minimum atomic E-state index is -0.750. The van der Waals surface area contributed by atoms with E-state index in [1.165, 1.54) is 0 Å². The van der Waals surface area contributed by atoms with Gasteiger partial charge in [0.1, 0.15) is 6.10 Å². The van der Waals surface area contributed by atoms with Gasteiger partial charge in [-0.25, -0.2) is 4.79 Å². The maximum absolute atomic E-state index is 11.9. The highest BCUT2D eigenvalue weighted by molar-refractivity contribution is 5.84. The maximum Gasteiger partial charge on any atom is 0.348 e. The fourth-order valence-corrected chi connectivity index (χ4v) is 2.47. The van der Waals surface area contributed by atoms with E-state index in [0.29, 0.717) is 6.42 Å². The van der Waals surface area contributed by atoms with Gasteiger partial charge in [-0.3, -0.25) is 4.79 Å². The first-order valence-electron chi connectivity index (χ1n) is 7.02. The summed E-state index contributed by atoms with van der Waals surface area (Å²) in [6.45, 7) is 1.82. The Morgan fingerprint density at radius 1 is 1.24 bits per heavy atom. The van der Waals surface area contributed by atoms with E-state index >= 15 is 0 Å². The van der Waals surface area contributed by atoms with Crippen LogP contribution in [0.1, 0.15) is 31.4 Å². The molecule has 0 spiro atoms. The van der Waals surface area contributed by atoms with Crippen LogP contribution < -0.4 is 0 Å². The number of ether oxygens (including phenoxy) is 2. The predicted molar refractivity (Wildman–Crippen MR) is 77.6 cm³/mol. The van der Waals surface area contributed by atoms with Crippen LogP contribution in [-0.2, 0) is 19.1 Å². The van der Waals surface area contributed by atoms with Crippen LogP contribution in [0.15, 0.2) is 42.5 Å². The van der Waals surface area contributed by atoms with Gasteiger partial charge >= 0.3 is 11.9 Å². The van der Waals surface area contributed by atoms with Crippen molar-refractivity contribution in [3.8, 4) is 0 Å². The third-order valence-electron chi connectivity index (χ3n) is 3.68. The minimum Gasteiger partial charge on any atom is -0.455 e. The summed E-state index contributed by atoms with van der Waals surface area (Å²) in [6.07, 6.45) is -0.437. The van der Waals surface area contributed by atoms with Gasteiger partial charge in [0.05, 0.1) is 0 Å². The Morgan fingerprint density at radius 3 is 2.71 bits per heavy atom. The summed E-state index contributed by atoms with van der Waals surface area (Å²) in [4.78, 5) is 23.0. The maximum atomic E-state index is 11.9. The van der Waals surface area contributed by atoms with Crippen LogP contribution in [0, 0.1) is 0 Å². The van der Waals surface area contributed by atoms with Crippen molar-refractivity contribution in [2.75, 3.05) is 0 Å². The SMILES string of the molecule is CC(OC(=O)C1CCC(=O)O1)c1ccc2ccccc2c1. The number of carbonyl (C=O) groups is 2. The molecule has 3 rings (SSSR count). The Kier molecular flexibility index (Phi) is 3.60. The molecule has 1 aliphatic rings. The number of carbonyl (C=O) groups excluding carboxylic acids is 2. The molecule has 1 fully saturated rings. The van der Waals surface area contributed by atoms with Crippen LogP contribution in [0.4, 0.5) is 0 Å². The zero-order valence-corrected chi connectivity index (χ0v) is 11.7. The number of fused-ring (bicyclic) bond motifs is 1. The van der Waals surface area contributed by atoms with Gasteiger partial charge in [-0.1, -0.05) is 36.4 Å². The van der Waals surface area contributed by atoms with E-state index in [1.807, 2.05) is 49.4 Å². The second-order valence-corrected chi connectivity index (χ2v) is 5.20. The van der Waals surface area contributed by atoms with E-state index < -0.39 is 12.1 Å². The van der Waals surface area contributed by atoms with E-state index in [4.69, 9.17) is 9.47 Å². The first-order valence-corrected chi connectivity index (χ1v) is 7.02. The highest BCUT2D eigenvalue weighted by atomic mass is 16.6. The summed E-state index contributed by atoms with van der Waals surface area (Å²) < 4.78 is 10.3. The van der Waals surface area contributed by atoms with Gasteiger partial charge in [-0.15, -0.1) is 0 Å². The third kappa shape index (κ3) is 2.89. The van der Waals surface area contributed by atoms with Crippen LogP contribution in [0.25, 0.3) is 10.8 Å². The van der Waals surface area contributed by atoms with Crippen LogP contribution in [-0.4, -0.2) is 18.0 Å². The second-order valence-electron chi connectivity index (χ2n) is 5.20. The Hall–Kier alpha value is -2.36. The van der Waals surface area contributed by atoms with Crippen LogP contribution in [0.3, 0.4) is 0 Å². The smallest absolute Gasteiger partial charge is 0.348 e. The van der Waals surface area contributed by atoms with E-state index in [2.05, 4.69) is 0 Å². The van der Waals surface area contributed by atoms with Gasteiger partial charge in [0.25, 0.3) is 0 Å². The molecule has 2 atom stereocenters. The van der Waals surface area contributed by atoms with Gasteiger partial charge in [-0.2, -0.15) is 0 Å². The van der Waals surface area contributed by atoms with Crippen molar-refractivity contribution < 1.29 is 19.1 Å². The van der Waals surface area contributed by atoms with Crippen molar-refractivity contribution >= 4 is 22.7 Å². The normalized spacial score (nSPS) is 19.3. The molecular weight excluding hydrogens is 268 g/mol. The monoisotopic (exact) mass is 284 g/mol. The number of rotatable bonds is 3. The number of hydrogen-bond donors (Lipinski definition) is 0. The lowest BCUT2D eigenvalue weighted by atomic mass is 10.0. The fraction of sp³-hybridized carbons (Fsp3) is 0.294. The molecule has 2 aromatic rings. The molecular formula is C17H16O4. The zero-order chi connectivity index (χ0) is 14.8. The zero-order valence-electron chi connectivity index (χ0n) is 11.7. The average molecular weight is 284 g/mol. The lowest BCUT2D eigenvalue weighted by Crippen LogP contribution is -2.24. The summed E-state index contributed by atoms with van der Waals surface area (Å²) in [6, 6.07) is 14.0. The number of benzene rings is 2. The molecule has 21 heavy (non-hydrogen) atoms. The van der Waals surface area contributed by atoms with Gasteiger partial charge in [0.2, 0.25) is 0 Å². The van der Waals surface area contributed by atoms with E-state index in [1.54, 1.807) is 0 Å². The lowest BCUT2D eigenvalue weighted by Gasteiger charge is -2.16. The van der Waals surface area contributed by atoms with Crippen molar-refractivity contribution in [3.05, 3.63) is 48.0 Å². The van der Waals surface area contributed by atoms with Gasteiger partial charge in [-0.05, 0) is 29.3 Å². The molecule has 4 nitrogen and oxygen atoms in total. The van der Waals surface area contributed by atoms with Crippen molar-refractivity contribution in [1.29, 1.82) is 0 Å². The lowest BCUT2D eigenvalue weighted by molar-refractivity contribution is -0.165. The van der Waals surface area contributed by atoms with E-state index in [9.17, 15) is 9.59 Å². The van der Waals surface area contributed by atoms with Gasteiger partial charge < -0.3 is 9.47 Å². The summed E-state index contributed by atoms with van der Waals surface area (Å²) in [5.74, 6) is -0.809. The number of hydrogen-bond acceptors (Lipinski definition) is 4. The van der Waals surface area contributed by atoms with Crippen molar-refractivity contribution in [2.24, 2.45) is 0 Å². The quantitative estimate of drug-likeness (QED) is 0.812. The topological polar surface area (TPSA) is 52.6 Å². The average Bonchev–Trinajstić information content (AvgIpc) is 2.93. The molecule has 0 N–H and O–H groups in total. The predicted octanol–water partition coefficient (Wildman–Crippen LogP) is 3.15. The number of esters is 2. The molecule has 1 saturated heterocycles. The molecule has 2 aromatic carbocycles. The van der Waals surface area contributed by atoms with E-state index in [0.717, 1.165) is 16.3 Å². The van der Waals surface area contributed by atoms with Crippen molar-refractivity contribution in [1.82, 2.24) is 0 Å².